The van der Waals surface area contributed by atoms with E-state index in [0.717, 1.165) is 37.4 Å². The number of anilines is 1. The minimum absolute atomic E-state index is 0.130. The summed E-state index contributed by atoms with van der Waals surface area (Å²) in [4.78, 5) is 16.2. The van der Waals surface area contributed by atoms with Gasteiger partial charge in [-0.15, -0.1) is 0 Å². The number of morpholine rings is 1. The molecular formula is C22H25N3O2. The van der Waals surface area contributed by atoms with Crippen molar-refractivity contribution < 1.29 is 9.53 Å². The van der Waals surface area contributed by atoms with Crippen molar-refractivity contribution in [3.8, 4) is 11.8 Å². The lowest BCUT2D eigenvalue weighted by Gasteiger charge is -2.29. The summed E-state index contributed by atoms with van der Waals surface area (Å²) in [6, 6.07) is 18.0. The quantitative estimate of drug-likeness (QED) is 0.850. The summed E-state index contributed by atoms with van der Waals surface area (Å²) < 4.78 is 5.39. The molecule has 0 aliphatic carbocycles. The molecule has 3 rings (SSSR count). The summed E-state index contributed by atoms with van der Waals surface area (Å²) >= 11 is 0. The Morgan fingerprint density at radius 3 is 2.52 bits per heavy atom. The third-order valence-electron chi connectivity index (χ3n) is 4.41. The van der Waals surface area contributed by atoms with E-state index in [0.29, 0.717) is 13.1 Å². The first kappa shape index (κ1) is 18.8. The number of carbonyl (C=O) groups is 1. The van der Waals surface area contributed by atoms with Crippen molar-refractivity contribution in [1.29, 1.82) is 0 Å². The number of nitrogens with zero attached hydrogens (tertiary/aromatic N) is 2. The number of ether oxygens (including phenoxy) is 1. The number of rotatable bonds is 4. The van der Waals surface area contributed by atoms with Crippen molar-refractivity contribution in [3.05, 3.63) is 65.7 Å². The molecule has 0 radical (unpaired) electrons. The zero-order valence-corrected chi connectivity index (χ0v) is 15.6. The SMILES string of the molecule is CN(Cc1ccc(N2CCOCC2)cc1)C(=O)NCC#Cc1ccccc1. The topological polar surface area (TPSA) is 44.8 Å². The lowest BCUT2D eigenvalue weighted by atomic mass is 10.2. The normalized spacial score (nSPS) is 13.4. The molecule has 5 heteroatoms. The molecule has 1 heterocycles. The number of nitrogens with one attached hydrogen (secondary N) is 1. The highest BCUT2D eigenvalue weighted by Crippen LogP contribution is 2.17. The van der Waals surface area contributed by atoms with Gasteiger partial charge >= 0.3 is 6.03 Å². The number of urea groups is 1. The summed E-state index contributed by atoms with van der Waals surface area (Å²) in [7, 11) is 1.79. The van der Waals surface area contributed by atoms with Gasteiger partial charge in [0.1, 0.15) is 0 Å². The fourth-order valence-corrected chi connectivity index (χ4v) is 2.90. The molecule has 1 aliphatic rings. The molecule has 0 unspecified atom stereocenters. The predicted octanol–water partition coefficient (Wildman–Crippen LogP) is 2.72. The second-order valence-corrected chi connectivity index (χ2v) is 6.45. The van der Waals surface area contributed by atoms with E-state index < -0.39 is 0 Å². The average Bonchev–Trinajstić information content (AvgIpc) is 2.73. The van der Waals surface area contributed by atoms with Crippen LogP contribution in [0.4, 0.5) is 10.5 Å². The monoisotopic (exact) mass is 363 g/mol. The first-order valence-corrected chi connectivity index (χ1v) is 9.17. The van der Waals surface area contributed by atoms with Crippen LogP contribution in [-0.2, 0) is 11.3 Å². The number of benzene rings is 2. The maximum Gasteiger partial charge on any atom is 0.318 e. The van der Waals surface area contributed by atoms with Crippen LogP contribution in [0.2, 0.25) is 0 Å². The molecule has 2 aromatic rings. The summed E-state index contributed by atoms with van der Waals surface area (Å²) in [5.74, 6) is 6.00. The van der Waals surface area contributed by atoms with Gasteiger partial charge in [-0.05, 0) is 29.8 Å². The molecule has 0 spiro atoms. The fraction of sp³-hybridized carbons (Fsp3) is 0.318. The van der Waals surface area contributed by atoms with Crippen LogP contribution >= 0.6 is 0 Å². The molecule has 140 valence electrons. The minimum Gasteiger partial charge on any atom is -0.378 e. The largest absolute Gasteiger partial charge is 0.378 e. The molecule has 0 bridgehead atoms. The van der Waals surface area contributed by atoms with Crippen molar-refractivity contribution in [1.82, 2.24) is 10.2 Å². The Bertz CT molecular complexity index is 788. The molecule has 1 aliphatic heterocycles. The first-order valence-electron chi connectivity index (χ1n) is 9.17. The molecule has 1 N–H and O–H groups in total. The molecule has 1 saturated heterocycles. The molecule has 0 saturated carbocycles. The van der Waals surface area contributed by atoms with Gasteiger partial charge in [-0.1, -0.05) is 42.2 Å². The van der Waals surface area contributed by atoms with Crippen molar-refractivity contribution in [3.63, 3.8) is 0 Å². The smallest absolute Gasteiger partial charge is 0.318 e. The molecule has 1 fully saturated rings. The fourth-order valence-electron chi connectivity index (χ4n) is 2.90. The maximum atomic E-state index is 12.2. The zero-order chi connectivity index (χ0) is 18.9. The van der Waals surface area contributed by atoms with Gasteiger partial charge in [0.05, 0.1) is 19.8 Å². The Morgan fingerprint density at radius 1 is 1.11 bits per heavy atom. The highest BCUT2D eigenvalue weighted by atomic mass is 16.5. The van der Waals surface area contributed by atoms with E-state index in [1.165, 1.54) is 5.69 Å². The number of hydrogen-bond donors (Lipinski definition) is 1. The second-order valence-electron chi connectivity index (χ2n) is 6.45. The van der Waals surface area contributed by atoms with E-state index >= 15 is 0 Å². The lowest BCUT2D eigenvalue weighted by molar-refractivity contribution is 0.122. The van der Waals surface area contributed by atoms with Gasteiger partial charge in [0.2, 0.25) is 0 Å². The highest BCUT2D eigenvalue weighted by molar-refractivity contribution is 5.74. The Hall–Kier alpha value is -2.97. The van der Waals surface area contributed by atoms with Crippen LogP contribution in [0, 0.1) is 11.8 Å². The van der Waals surface area contributed by atoms with Crippen LogP contribution in [0.5, 0.6) is 0 Å². The van der Waals surface area contributed by atoms with Crippen LogP contribution < -0.4 is 10.2 Å². The van der Waals surface area contributed by atoms with E-state index in [1.807, 2.05) is 30.3 Å². The third-order valence-corrected chi connectivity index (χ3v) is 4.41. The number of amides is 2. The summed E-state index contributed by atoms with van der Waals surface area (Å²) in [5, 5.41) is 2.83. The van der Waals surface area contributed by atoms with Crippen molar-refractivity contribution in [2.45, 2.75) is 6.54 Å². The van der Waals surface area contributed by atoms with Gasteiger partial charge < -0.3 is 19.9 Å². The van der Waals surface area contributed by atoms with Gasteiger partial charge in [-0.3, -0.25) is 0 Å². The van der Waals surface area contributed by atoms with Crippen molar-refractivity contribution >= 4 is 11.7 Å². The van der Waals surface area contributed by atoms with Crippen molar-refractivity contribution in [2.75, 3.05) is 44.8 Å². The van der Waals surface area contributed by atoms with Gasteiger partial charge in [0.25, 0.3) is 0 Å². The van der Waals surface area contributed by atoms with Crippen LogP contribution in [0.1, 0.15) is 11.1 Å². The van der Waals surface area contributed by atoms with Crippen molar-refractivity contribution in [2.24, 2.45) is 0 Å². The van der Waals surface area contributed by atoms with E-state index in [2.05, 4.69) is 46.3 Å². The summed E-state index contributed by atoms with van der Waals surface area (Å²) in [6.07, 6.45) is 0. The molecular weight excluding hydrogens is 338 g/mol. The molecule has 0 atom stereocenters. The molecule has 2 amide bonds. The van der Waals surface area contributed by atoms with Gasteiger partial charge in [-0.25, -0.2) is 4.79 Å². The molecule has 27 heavy (non-hydrogen) atoms. The number of carbonyl (C=O) groups excluding carboxylic acids is 1. The summed E-state index contributed by atoms with van der Waals surface area (Å²) in [5.41, 5.74) is 3.24. The standard InChI is InChI=1S/C22H25N3O2/c1-24(22(26)23-13-5-8-19-6-3-2-4-7-19)18-20-9-11-21(12-10-20)25-14-16-27-17-15-25/h2-4,6-7,9-12H,13-18H2,1H3,(H,23,26). The predicted molar refractivity (Wildman–Crippen MR) is 108 cm³/mol. The van der Waals surface area contributed by atoms with E-state index in [1.54, 1.807) is 11.9 Å². The Balaban J connectivity index is 1.45. The van der Waals surface area contributed by atoms with E-state index in [-0.39, 0.29) is 6.03 Å². The van der Waals surface area contributed by atoms with Gasteiger partial charge in [0.15, 0.2) is 0 Å². The Labute approximate surface area is 160 Å². The highest BCUT2D eigenvalue weighted by Gasteiger charge is 2.12. The molecule has 0 aromatic heterocycles. The first-order chi connectivity index (χ1) is 13.2. The third kappa shape index (κ3) is 5.77. The Kier molecular flexibility index (Phi) is 6.72. The maximum absolute atomic E-state index is 12.2. The lowest BCUT2D eigenvalue weighted by Crippen LogP contribution is -2.37. The van der Waals surface area contributed by atoms with Crippen LogP contribution in [0.15, 0.2) is 54.6 Å². The van der Waals surface area contributed by atoms with Crippen LogP contribution in [0.3, 0.4) is 0 Å². The van der Waals surface area contributed by atoms with E-state index in [4.69, 9.17) is 4.74 Å². The average molecular weight is 363 g/mol. The molecule has 5 nitrogen and oxygen atoms in total. The van der Waals surface area contributed by atoms with E-state index in [9.17, 15) is 4.79 Å². The van der Waals surface area contributed by atoms with Gasteiger partial charge in [-0.2, -0.15) is 0 Å². The Morgan fingerprint density at radius 2 is 1.81 bits per heavy atom. The minimum atomic E-state index is -0.130. The van der Waals surface area contributed by atoms with Gasteiger partial charge in [0, 0.05) is 37.9 Å². The zero-order valence-electron chi connectivity index (χ0n) is 15.6. The van der Waals surface area contributed by atoms with Crippen LogP contribution in [0.25, 0.3) is 0 Å². The molecule has 2 aromatic carbocycles. The summed E-state index contributed by atoms with van der Waals surface area (Å²) in [6.45, 7) is 4.28. The second kappa shape index (κ2) is 9.65. The number of hydrogen-bond acceptors (Lipinski definition) is 3. The van der Waals surface area contributed by atoms with Crippen LogP contribution in [-0.4, -0.2) is 50.8 Å².